The van der Waals surface area contributed by atoms with Crippen LogP contribution in [0, 0.1) is 29.1 Å². The zero-order chi connectivity index (χ0) is 18.3. The van der Waals surface area contributed by atoms with Crippen molar-refractivity contribution in [3.63, 3.8) is 0 Å². The standard InChI is InChI=1S/C20H31N3O3/c21-19(26)16-1-3-23(4-2-16)18(25)12-22-17(24)11-20-8-13-5-14(9-20)7-15(6-13)10-20/h13-16H,1-12H2,(H2,21,26)(H,22,24). The van der Waals surface area contributed by atoms with Crippen molar-refractivity contribution in [2.75, 3.05) is 19.6 Å². The molecule has 1 aliphatic heterocycles. The van der Waals surface area contributed by atoms with Crippen LogP contribution in [0.5, 0.6) is 0 Å². The van der Waals surface area contributed by atoms with Crippen LogP contribution in [-0.2, 0) is 14.4 Å². The highest BCUT2D eigenvalue weighted by Crippen LogP contribution is 2.61. The fourth-order valence-electron chi connectivity index (χ4n) is 6.61. The summed E-state index contributed by atoms with van der Waals surface area (Å²) in [4.78, 5) is 37.8. The maximum atomic E-state index is 12.5. The molecule has 5 fully saturated rings. The third-order valence-electron chi connectivity index (χ3n) is 7.39. The fraction of sp³-hybridized carbons (Fsp3) is 0.850. The molecule has 5 rings (SSSR count). The number of nitrogens with zero attached hydrogens (tertiary/aromatic N) is 1. The Kier molecular flexibility index (Phi) is 4.70. The van der Waals surface area contributed by atoms with E-state index >= 15 is 0 Å². The van der Waals surface area contributed by atoms with Gasteiger partial charge in [-0.05, 0) is 74.5 Å². The Morgan fingerprint density at radius 2 is 1.50 bits per heavy atom. The maximum absolute atomic E-state index is 12.5. The van der Waals surface area contributed by atoms with Gasteiger partial charge in [0.25, 0.3) is 0 Å². The molecule has 4 bridgehead atoms. The number of carbonyl (C=O) groups is 3. The molecule has 0 unspecified atom stereocenters. The Labute approximate surface area is 155 Å². The van der Waals surface area contributed by atoms with Gasteiger partial charge < -0.3 is 16.0 Å². The van der Waals surface area contributed by atoms with E-state index in [0.717, 1.165) is 17.8 Å². The first-order chi connectivity index (χ1) is 12.4. The van der Waals surface area contributed by atoms with E-state index in [1.54, 1.807) is 4.90 Å². The molecule has 0 spiro atoms. The number of primary amides is 1. The van der Waals surface area contributed by atoms with Gasteiger partial charge in [0, 0.05) is 25.4 Å². The third kappa shape index (κ3) is 3.60. The van der Waals surface area contributed by atoms with Gasteiger partial charge in [-0.2, -0.15) is 0 Å². The molecule has 3 amide bonds. The molecule has 0 aromatic heterocycles. The monoisotopic (exact) mass is 361 g/mol. The van der Waals surface area contributed by atoms with Crippen molar-refractivity contribution in [2.45, 2.75) is 57.8 Å². The molecule has 1 heterocycles. The Morgan fingerprint density at radius 3 is 2.00 bits per heavy atom. The molecule has 0 aromatic rings. The Morgan fingerprint density at radius 1 is 0.962 bits per heavy atom. The number of rotatable bonds is 5. The van der Waals surface area contributed by atoms with Crippen LogP contribution in [-0.4, -0.2) is 42.3 Å². The number of likely N-dealkylation sites (tertiary alicyclic amines) is 1. The highest BCUT2D eigenvalue weighted by atomic mass is 16.2. The average molecular weight is 361 g/mol. The van der Waals surface area contributed by atoms with Crippen molar-refractivity contribution < 1.29 is 14.4 Å². The summed E-state index contributed by atoms with van der Waals surface area (Å²) in [7, 11) is 0. The van der Waals surface area contributed by atoms with Gasteiger partial charge in [-0.1, -0.05) is 0 Å². The second kappa shape index (κ2) is 6.86. The van der Waals surface area contributed by atoms with E-state index in [9.17, 15) is 14.4 Å². The number of hydrogen-bond acceptors (Lipinski definition) is 3. The van der Waals surface area contributed by atoms with Gasteiger partial charge in [-0.25, -0.2) is 0 Å². The zero-order valence-electron chi connectivity index (χ0n) is 15.5. The molecular weight excluding hydrogens is 330 g/mol. The molecule has 6 heteroatoms. The van der Waals surface area contributed by atoms with E-state index in [0.29, 0.717) is 32.4 Å². The molecule has 5 aliphatic rings. The summed E-state index contributed by atoms with van der Waals surface area (Å²) in [6.07, 6.45) is 9.60. The lowest BCUT2D eigenvalue weighted by Gasteiger charge is -2.56. The van der Waals surface area contributed by atoms with Crippen molar-refractivity contribution in [1.29, 1.82) is 0 Å². The first-order valence-electron chi connectivity index (χ1n) is 10.3. The van der Waals surface area contributed by atoms with Crippen LogP contribution < -0.4 is 11.1 Å². The van der Waals surface area contributed by atoms with Crippen molar-refractivity contribution in [3.8, 4) is 0 Å². The van der Waals surface area contributed by atoms with Crippen LogP contribution in [0.2, 0.25) is 0 Å². The Bertz CT molecular complexity index is 560. The summed E-state index contributed by atoms with van der Waals surface area (Å²) in [6, 6.07) is 0. The largest absolute Gasteiger partial charge is 0.369 e. The molecular formula is C20H31N3O3. The van der Waals surface area contributed by atoms with E-state index in [4.69, 9.17) is 5.73 Å². The molecule has 6 nitrogen and oxygen atoms in total. The summed E-state index contributed by atoms with van der Waals surface area (Å²) < 4.78 is 0. The van der Waals surface area contributed by atoms with E-state index in [1.807, 2.05) is 0 Å². The minimum absolute atomic E-state index is 0.0346. The molecule has 26 heavy (non-hydrogen) atoms. The summed E-state index contributed by atoms with van der Waals surface area (Å²) in [6.45, 7) is 1.18. The molecule has 3 N–H and O–H groups in total. The predicted molar refractivity (Wildman–Crippen MR) is 96.7 cm³/mol. The van der Waals surface area contributed by atoms with Crippen LogP contribution in [0.25, 0.3) is 0 Å². The SMILES string of the molecule is NC(=O)C1CCN(C(=O)CNC(=O)CC23CC4CC(CC(C4)C2)C3)CC1. The first-order valence-corrected chi connectivity index (χ1v) is 10.3. The number of hydrogen-bond donors (Lipinski definition) is 2. The number of amides is 3. The van der Waals surface area contributed by atoms with Gasteiger partial charge in [0.05, 0.1) is 6.54 Å². The van der Waals surface area contributed by atoms with Crippen molar-refractivity contribution in [2.24, 2.45) is 34.8 Å². The van der Waals surface area contributed by atoms with Crippen LogP contribution in [0.1, 0.15) is 57.8 Å². The predicted octanol–water partition coefficient (Wildman–Crippen LogP) is 1.43. The Balaban J connectivity index is 1.23. The molecule has 4 aliphatic carbocycles. The van der Waals surface area contributed by atoms with Crippen LogP contribution in [0.4, 0.5) is 0 Å². The van der Waals surface area contributed by atoms with Crippen molar-refractivity contribution in [3.05, 3.63) is 0 Å². The van der Waals surface area contributed by atoms with Crippen LogP contribution >= 0.6 is 0 Å². The summed E-state index contributed by atoms with van der Waals surface area (Å²) in [5.74, 6) is 2.09. The minimum Gasteiger partial charge on any atom is -0.369 e. The normalized spacial score (nSPS) is 36.2. The van der Waals surface area contributed by atoms with Gasteiger partial charge >= 0.3 is 0 Å². The first kappa shape index (κ1) is 17.8. The topological polar surface area (TPSA) is 92.5 Å². The lowest BCUT2D eigenvalue weighted by molar-refractivity contribution is -0.137. The molecule has 4 saturated carbocycles. The minimum atomic E-state index is -0.277. The summed E-state index contributed by atoms with van der Waals surface area (Å²) >= 11 is 0. The Hall–Kier alpha value is -1.59. The van der Waals surface area contributed by atoms with Crippen LogP contribution in [0.3, 0.4) is 0 Å². The van der Waals surface area contributed by atoms with Gasteiger partial charge in [0.1, 0.15) is 0 Å². The van der Waals surface area contributed by atoms with Gasteiger partial charge in [0.2, 0.25) is 17.7 Å². The molecule has 0 aromatic carbocycles. The van der Waals surface area contributed by atoms with E-state index in [2.05, 4.69) is 5.32 Å². The second-order valence-electron chi connectivity index (χ2n) is 9.43. The quantitative estimate of drug-likeness (QED) is 0.776. The summed E-state index contributed by atoms with van der Waals surface area (Å²) in [5.41, 5.74) is 5.54. The van der Waals surface area contributed by atoms with Gasteiger partial charge in [0.15, 0.2) is 0 Å². The molecule has 0 radical (unpaired) electrons. The maximum Gasteiger partial charge on any atom is 0.241 e. The molecule has 1 saturated heterocycles. The third-order valence-corrected chi connectivity index (χ3v) is 7.39. The van der Waals surface area contributed by atoms with Crippen LogP contribution in [0.15, 0.2) is 0 Å². The van der Waals surface area contributed by atoms with Gasteiger partial charge in [-0.3, -0.25) is 14.4 Å². The lowest BCUT2D eigenvalue weighted by Crippen LogP contribution is -2.49. The lowest BCUT2D eigenvalue weighted by atomic mass is 9.49. The van der Waals surface area contributed by atoms with E-state index in [-0.39, 0.29) is 35.6 Å². The molecule has 144 valence electrons. The second-order valence-corrected chi connectivity index (χ2v) is 9.43. The van der Waals surface area contributed by atoms with Crippen molar-refractivity contribution >= 4 is 17.7 Å². The number of nitrogens with two attached hydrogens (primary N) is 1. The average Bonchev–Trinajstić information content (AvgIpc) is 2.58. The van der Waals surface area contributed by atoms with Crippen molar-refractivity contribution in [1.82, 2.24) is 10.2 Å². The smallest absolute Gasteiger partial charge is 0.241 e. The molecule has 0 atom stereocenters. The van der Waals surface area contributed by atoms with E-state index in [1.165, 1.54) is 38.5 Å². The summed E-state index contributed by atoms with van der Waals surface area (Å²) in [5, 5.41) is 2.87. The number of carbonyl (C=O) groups excluding carboxylic acids is 3. The highest BCUT2D eigenvalue weighted by Gasteiger charge is 2.51. The highest BCUT2D eigenvalue weighted by molar-refractivity contribution is 5.85. The number of nitrogens with one attached hydrogen (secondary N) is 1. The van der Waals surface area contributed by atoms with Gasteiger partial charge in [-0.15, -0.1) is 0 Å². The fourth-order valence-corrected chi connectivity index (χ4v) is 6.61. The zero-order valence-corrected chi connectivity index (χ0v) is 15.5. The van der Waals surface area contributed by atoms with E-state index < -0.39 is 0 Å². The number of piperidine rings is 1.